The Kier molecular flexibility index (Phi) is 6.49. The third kappa shape index (κ3) is 5.69. The van der Waals surface area contributed by atoms with Crippen LogP contribution in [-0.4, -0.2) is 30.2 Å². The van der Waals surface area contributed by atoms with E-state index < -0.39 is 18.1 Å². The highest BCUT2D eigenvalue weighted by atomic mass is 16.6. The first-order valence-corrected chi connectivity index (χ1v) is 6.43. The summed E-state index contributed by atoms with van der Waals surface area (Å²) in [7, 11) is 1.29. The highest BCUT2D eigenvalue weighted by Gasteiger charge is 2.23. The standard InChI is InChI=1S/C14H20N2O4/c1-10(2)7-12(13(17)19-3)16-14(18)20-9-11-5-4-6-15-8-11/h4-6,8,10,12H,7,9H2,1-3H3,(H,16,18)/t12-/m0/s1. The first-order valence-electron chi connectivity index (χ1n) is 6.43. The van der Waals surface area contributed by atoms with Crippen molar-refractivity contribution in [2.24, 2.45) is 5.92 Å². The first-order chi connectivity index (χ1) is 9.52. The number of nitrogens with one attached hydrogen (secondary N) is 1. The summed E-state index contributed by atoms with van der Waals surface area (Å²) in [5, 5.41) is 2.51. The van der Waals surface area contributed by atoms with E-state index in [1.54, 1.807) is 24.5 Å². The van der Waals surface area contributed by atoms with Gasteiger partial charge >= 0.3 is 12.1 Å². The van der Waals surface area contributed by atoms with Crippen LogP contribution in [0.3, 0.4) is 0 Å². The minimum Gasteiger partial charge on any atom is -0.467 e. The fourth-order valence-corrected chi connectivity index (χ4v) is 1.64. The Hall–Kier alpha value is -2.11. The lowest BCUT2D eigenvalue weighted by Crippen LogP contribution is -2.42. The summed E-state index contributed by atoms with van der Waals surface area (Å²) < 4.78 is 9.69. The number of nitrogens with zero attached hydrogens (tertiary/aromatic N) is 1. The van der Waals surface area contributed by atoms with Gasteiger partial charge in [0.2, 0.25) is 0 Å². The van der Waals surface area contributed by atoms with Gasteiger partial charge in [0, 0.05) is 18.0 Å². The van der Waals surface area contributed by atoms with Crippen LogP contribution in [-0.2, 0) is 20.9 Å². The minimum atomic E-state index is -0.693. The summed E-state index contributed by atoms with van der Waals surface area (Å²) in [5.41, 5.74) is 0.779. The van der Waals surface area contributed by atoms with Crippen LogP contribution in [0.15, 0.2) is 24.5 Å². The van der Waals surface area contributed by atoms with Gasteiger partial charge < -0.3 is 14.8 Å². The van der Waals surface area contributed by atoms with Crippen molar-refractivity contribution in [1.82, 2.24) is 10.3 Å². The number of alkyl carbamates (subject to hydrolysis) is 1. The zero-order valence-corrected chi connectivity index (χ0v) is 12.0. The molecule has 1 aromatic rings. The van der Waals surface area contributed by atoms with Crippen LogP contribution in [0, 0.1) is 5.92 Å². The number of methoxy groups -OCH3 is 1. The molecule has 0 aliphatic rings. The molecule has 6 heteroatoms. The van der Waals surface area contributed by atoms with Crippen molar-refractivity contribution < 1.29 is 19.1 Å². The molecule has 1 N–H and O–H groups in total. The highest BCUT2D eigenvalue weighted by Crippen LogP contribution is 2.07. The highest BCUT2D eigenvalue weighted by molar-refractivity contribution is 5.81. The summed E-state index contributed by atoms with van der Waals surface area (Å²) in [4.78, 5) is 27.1. The van der Waals surface area contributed by atoms with Crippen molar-refractivity contribution in [2.45, 2.75) is 32.9 Å². The lowest BCUT2D eigenvalue weighted by atomic mass is 10.0. The molecule has 1 atom stereocenters. The van der Waals surface area contributed by atoms with Crippen molar-refractivity contribution in [3.05, 3.63) is 30.1 Å². The van der Waals surface area contributed by atoms with Crippen LogP contribution in [0.2, 0.25) is 0 Å². The molecule has 1 heterocycles. The third-order valence-electron chi connectivity index (χ3n) is 2.58. The first kappa shape index (κ1) is 15.9. The number of amides is 1. The second-order valence-electron chi connectivity index (χ2n) is 4.79. The van der Waals surface area contributed by atoms with Crippen LogP contribution in [0.1, 0.15) is 25.8 Å². The topological polar surface area (TPSA) is 77.5 Å². The molecular weight excluding hydrogens is 260 g/mol. The molecule has 0 unspecified atom stereocenters. The Bertz CT molecular complexity index is 434. The van der Waals surface area contributed by atoms with Gasteiger partial charge in [0.25, 0.3) is 0 Å². The summed E-state index contributed by atoms with van der Waals surface area (Å²) in [6.45, 7) is 4.02. The Morgan fingerprint density at radius 3 is 2.70 bits per heavy atom. The number of ether oxygens (including phenoxy) is 2. The Morgan fingerprint density at radius 1 is 1.40 bits per heavy atom. The van der Waals surface area contributed by atoms with Gasteiger partial charge in [-0.1, -0.05) is 19.9 Å². The second-order valence-corrected chi connectivity index (χ2v) is 4.79. The van der Waals surface area contributed by atoms with Crippen molar-refractivity contribution in [2.75, 3.05) is 7.11 Å². The zero-order chi connectivity index (χ0) is 15.0. The van der Waals surface area contributed by atoms with Gasteiger partial charge in [0.1, 0.15) is 12.6 Å². The molecule has 0 aliphatic heterocycles. The summed E-state index contributed by atoms with van der Waals surface area (Å²) in [5.74, 6) is -0.227. The molecule has 0 saturated carbocycles. The SMILES string of the molecule is COC(=O)[C@H](CC(C)C)NC(=O)OCc1cccnc1. The smallest absolute Gasteiger partial charge is 0.408 e. The van der Waals surface area contributed by atoms with Crippen LogP contribution in [0.5, 0.6) is 0 Å². The van der Waals surface area contributed by atoms with Crippen LogP contribution >= 0.6 is 0 Å². The fraction of sp³-hybridized carbons (Fsp3) is 0.500. The molecule has 0 aliphatic carbocycles. The molecule has 20 heavy (non-hydrogen) atoms. The second kappa shape index (κ2) is 8.14. The normalized spacial score (nSPS) is 11.8. The van der Waals surface area contributed by atoms with E-state index in [-0.39, 0.29) is 12.5 Å². The number of aromatic nitrogens is 1. The fourth-order valence-electron chi connectivity index (χ4n) is 1.64. The maximum atomic E-state index is 11.7. The van der Waals surface area contributed by atoms with Crippen LogP contribution in [0.4, 0.5) is 4.79 Å². The van der Waals surface area contributed by atoms with E-state index in [1.807, 2.05) is 13.8 Å². The van der Waals surface area contributed by atoms with Crippen molar-refractivity contribution in [3.8, 4) is 0 Å². The lowest BCUT2D eigenvalue weighted by molar-refractivity contribution is -0.143. The van der Waals surface area contributed by atoms with E-state index in [1.165, 1.54) is 7.11 Å². The lowest BCUT2D eigenvalue weighted by Gasteiger charge is -2.18. The van der Waals surface area contributed by atoms with Gasteiger partial charge in [-0.25, -0.2) is 9.59 Å². The molecule has 0 radical (unpaired) electrons. The van der Waals surface area contributed by atoms with Gasteiger partial charge in [0.15, 0.2) is 0 Å². The number of carbonyl (C=O) groups is 2. The molecule has 0 spiro atoms. The molecule has 110 valence electrons. The van der Waals surface area contributed by atoms with E-state index >= 15 is 0 Å². The van der Waals surface area contributed by atoms with E-state index in [4.69, 9.17) is 4.74 Å². The number of pyridine rings is 1. The maximum absolute atomic E-state index is 11.7. The average Bonchev–Trinajstić information content (AvgIpc) is 2.44. The van der Waals surface area contributed by atoms with Crippen LogP contribution in [0.25, 0.3) is 0 Å². The molecular formula is C14H20N2O4. The molecule has 1 amide bonds. The zero-order valence-electron chi connectivity index (χ0n) is 12.0. The summed E-state index contributed by atoms with van der Waals surface area (Å²) in [6.07, 6.45) is 3.10. The monoisotopic (exact) mass is 280 g/mol. The number of hydrogen-bond acceptors (Lipinski definition) is 5. The molecule has 0 saturated heterocycles. The molecule has 6 nitrogen and oxygen atoms in total. The number of rotatable bonds is 6. The maximum Gasteiger partial charge on any atom is 0.408 e. The van der Waals surface area contributed by atoms with Crippen molar-refractivity contribution in [3.63, 3.8) is 0 Å². The predicted molar refractivity (Wildman–Crippen MR) is 72.8 cm³/mol. The molecule has 0 fully saturated rings. The molecule has 1 rings (SSSR count). The van der Waals surface area contributed by atoms with Gasteiger partial charge in [-0.15, -0.1) is 0 Å². The van der Waals surface area contributed by atoms with Gasteiger partial charge in [-0.2, -0.15) is 0 Å². The largest absolute Gasteiger partial charge is 0.467 e. The quantitative estimate of drug-likeness (QED) is 0.805. The van der Waals surface area contributed by atoms with Gasteiger partial charge in [-0.3, -0.25) is 4.98 Å². The Labute approximate surface area is 118 Å². The number of carbonyl (C=O) groups excluding carboxylic acids is 2. The molecule has 0 bridgehead atoms. The van der Waals surface area contributed by atoms with E-state index in [9.17, 15) is 9.59 Å². The van der Waals surface area contributed by atoms with E-state index in [0.717, 1.165) is 5.56 Å². The minimum absolute atomic E-state index is 0.106. The number of hydrogen-bond donors (Lipinski definition) is 1. The van der Waals surface area contributed by atoms with Crippen LogP contribution < -0.4 is 5.32 Å². The van der Waals surface area contributed by atoms with E-state index in [0.29, 0.717) is 6.42 Å². The summed E-state index contributed by atoms with van der Waals surface area (Å²) >= 11 is 0. The Balaban J connectivity index is 2.47. The number of esters is 1. The molecule has 1 aromatic heterocycles. The molecule has 0 aromatic carbocycles. The average molecular weight is 280 g/mol. The van der Waals surface area contributed by atoms with Crippen molar-refractivity contribution >= 4 is 12.1 Å². The Morgan fingerprint density at radius 2 is 2.15 bits per heavy atom. The van der Waals surface area contributed by atoms with Gasteiger partial charge in [-0.05, 0) is 18.4 Å². The van der Waals surface area contributed by atoms with E-state index in [2.05, 4.69) is 15.0 Å². The predicted octanol–water partition coefficient (Wildman–Crippen LogP) is 1.90. The van der Waals surface area contributed by atoms with Crippen molar-refractivity contribution in [1.29, 1.82) is 0 Å². The summed E-state index contributed by atoms with van der Waals surface area (Å²) in [6, 6.07) is 2.86. The van der Waals surface area contributed by atoms with Gasteiger partial charge in [0.05, 0.1) is 7.11 Å². The third-order valence-corrected chi connectivity index (χ3v) is 2.58.